The van der Waals surface area contributed by atoms with Gasteiger partial charge in [0.05, 0.1) is 19.3 Å². The lowest BCUT2D eigenvalue weighted by Gasteiger charge is -2.42. The normalized spacial score (nSPS) is 18.4. The number of carbonyl (C=O) groups is 2. The Balaban J connectivity index is 1.29. The van der Waals surface area contributed by atoms with E-state index < -0.39 is 68.2 Å². The van der Waals surface area contributed by atoms with Crippen molar-refractivity contribution < 1.29 is 40.7 Å². The summed E-state index contributed by atoms with van der Waals surface area (Å²) in [5, 5.41) is 5.83. The van der Waals surface area contributed by atoms with E-state index in [0.29, 0.717) is 11.5 Å². The number of benzene rings is 3. The van der Waals surface area contributed by atoms with Crippen molar-refractivity contribution in [2.75, 3.05) is 46.9 Å². The average molecular weight is 729 g/mol. The molecule has 2 aliphatic heterocycles. The summed E-state index contributed by atoms with van der Waals surface area (Å²) in [4.78, 5) is 34.5. The maximum absolute atomic E-state index is 14.5. The summed E-state index contributed by atoms with van der Waals surface area (Å²) < 4.78 is 87.3. The lowest BCUT2D eigenvalue weighted by molar-refractivity contribution is -0.236. The van der Waals surface area contributed by atoms with Gasteiger partial charge in [0.2, 0.25) is 5.91 Å². The van der Waals surface area contributed by atoms with E-state index in [2.05, 4.69) is 35.5 Å². The van der Waals surface area contributed by atoms with Gasteiger partial charge in [0, 0.05) is 23.6 Å². The Morgan fingerprint density at radius 3 is 2.29 bits per heavy atom. The maximum atomic E-state index is 14.5. The number of nitrogens with zero attached hydrogens (tertiary/aromatic N) is 3. The van der Waals surface area contributed by atoms with Crippen molar-refractivity contribution in [2.24, 2.45) is 11.3 Å². The van der Waals surface area contributed by atoms with Gasteiger partial charge in [0.25, 0.3) is 0 Å². The predicted octanol–water partition coefficient (Wildman–Crippen LogP) is 7.35. The smallest absolute Gasteiger partial charge is 0.403 e. The van der Waals surface area contributed by atoms with Crippen molar-refractivity contribution in [3.05, 3.63) is 78.0 Å². The molecule has 6 rings (SSSR count). The van der Waals surface area contributed by atoms with Crippen molar-refractivity contribution in [3.8, 4) is 11.3 Å². The molecule has 3 aromatic carbocycles. The van der Waals surface area contributed by atoms with Crippen LogP contribution in [0.2, 0.25) is 0 Å². The first kappa shape index (κ1) is 37.5. The Morgan fingerprint density at radius 1 is 0.923 bits per heavy atom. The van der Waals surface area contributed by atoms with Crippen LogP contribution in [0.5, 0.6) is 0 Å². The number of halogens is 6. The van der Waals surface area contributed by atoms with Gasteiger partial charge in [-0.05, 0) is 111 Å². The standard InChI is InChI=1S/C39H42F6N4O3/c1-48-17-12-25(13-18-48)21-26-9-10-27-11-16-46-34(32(27)22-26)31-8-4-6-29-28(5-3-7-30(29)31)23-33(35(50)52-2)47-36(51)37(39(43,44)45)14-19-49(20-15-37)24-38(40,41)42/h3-11,16,22,25,33H,12-15,17-21,23-24H2,1-2H3,(H,47,51)/t33-/m0/s1. The summed E-state index contributed by atoms with van der Waals surface area (Å²) in [6, 6.07) is 18.0. The number of alkyl halides is 6. The summed E-state index contributed by atoms with van der Waals surface area (Å²) in [5.41, 5.74) is 0.462. The zero-order valence-corrected chi connectivity index (χ0v) is 29.1. The fraction of sp³-hybridized carbons (Fsp3) is 0.462. The highest BCUT2D eigenvalue weighted by Gasteiger charge is 2.61. The number of hydrogen-bond acceptors (Lipinski definition) is 6. The molecule has 52 heavy (non-hydrogen) atoms. The first-order valence-corrected chi connectivity index (χ1v) is 17.5. The van der Waals surface area contributed by atoms with Crippen LogP contribution in [0.15, 0.2) is 66.9 Å². The van der Waals surface area contributed by atoms with Gasteiger partial charge in [-0.2, -0.15) is 26.3 Å². The third-order valence-corrected chi connectivity index (χ3v) is 10.8. The number of nitrogens with one attached hydrogen (secondary N) is 1. The van der Waals surface area contributed by atoms with E-state index in [-0.39, 0.29) is 6.42 Å². The molecule has 1 aromatic heterocycles. The molecule has 0 saturated carbocycles. The van der Waals surface area contributed by atoms with Gasteiger partial charge in [-0.3, -0.25) is 14.7 Å². The number of rotatable bonds is 9. The van der Waals surface area contributed by atoms with Gasteiger partial charge in [-0.1, -0.05) is 48.5 Å². The Morgan fingerprint density at radius 2 is 1.62 bits per heavy atom. The highest BCUT2D eigenvalue weighted by molar-refractivity contribution is 6.05. The molecule has 2 saturated heterocycles. The topological polar surface area (TPSA) is 74.8 Å². The zero-order valence-electron chi connectivity index (χ0n) is 29.1. The number of hydrogen-bond donors (Lipinski definition) is 1. The molecule has 1 atom stereocenters. The molecule has 0 bridgehead atoms. The van der Waals surface area contributed by atoms with Gasteiger partial charge >= 0.3 is 18.3 Å². The third kappa shape index (κ3) is 8.05. The Labute approximate surface area is 298 Å². The van der Waals surface area contributed by atoms with Crippen LogP contribution in [-0.4, -0.2) is 91.9 Å². The van der Waals surface area contributed by atoms with Crippen LogP contribution >= 0.6 is 0 Å². The quantitative estimate of drug-likeness (QED) is 0.144. The van der Waals surface area contributed by atoms with Crippen LogP contribution in [0.25, 0.3) is 32.8 Å². The summed E-state index contributed by atoms with van der Waals surface area (Å²) >= 11 is 0. The molecule has 3 heterocycles. The summed E-state index contributed by atoms with van der Waals surface area (Å²) in [7, 11) is 3.22. The molecular weight excluding hydrogens is 686 g/mol. The van der Waals surface area contributed by atoms with Crippen molar-refractivity contribution in [1.82, 2.24) is 20.1 Å². The molecule has 1 amide bonds. The Hall–Kier alpha value is -4.23. The van der Waals surface area contributed by atoms with Crippen LogP contribution in [0.3, 0.4) is 0 Å². The average Bonchev–Trinajstić information content (AvgIpc) is 3.10. The minimum atomic E-state index is -5.06. The largest absolute Gasteiger partial charge is 0.467 e. The van der Waals surface area contributed by atoms with E-state index in [1.807, 2.05) is 30.3 Å². The minimum Gasteiger partial charge on any atom is -0.467 e. The van der Waals surface area contributed by atoms with Gasteiger partial charge in [-0.15, -0.1) is 0 Å². The number of carbonyl (C=O) groups excluding carboxylic acids is 2. The van der Waals surface area contributed by atoms with Gasteiger partial charge in [0.1, 0.15) is 11.5 Å². The molecular formula is C39H42F6N4O3. The zero-order chi connectivity index (χ0) is 37.3. The van der Waals surface area contributed by atoms with Crippen molar-refractivity contribution >= 4 is 33.4 Å². The number of fused-ring (bicyclic) bond motifs is 2. The number of methoxy groups -OCH3 is 1. The van der Waals surface area contributed by atoms with Gasteiger partial charge in [-0.25, -0.2) is 4.79 Å². The number of amides is 1. The van der Waals surface area contributed by atoms with E-state index >= 15 is 0 Å². The molecule has 0 aliphatic carbocycles. The van der Waals surface area contributed by atoms with Crippen molar-refractivity contribution in [1.29, 1.82) is 0 Å². The third-order valence-electron chi connectivity index (χ3n) is 10.8. The molecule has 0 spiro atoms. The molecule has 278 valence electrons. The lowest BCUT2D eigenvalue weighted by Crippen LogP contribution is -2.59. The van der Waals surface area contributed by atoms with Crippen LogP contribution in [0.1, 0.15) is 36.8 Å². The highest BCUT2D eigenvalue weighted by atomic mass is 19.4. The van der Waals surface area contributed by atoms with E-state index in [1.54, 1.807) is 18.3 Å². The molecule has 0 unspecified atom stereocenters. The second-order valence-electron chi connectivity index (χ2n) is 14.2. The number of esters is 1. The van der Waals surface area contributed by atoms with Crippen LogP contribution in [0.4, 0.5) is 26.3 Å². The second-order valence-corrected chi connectivity index (χ2v) is 14.2. The van der Waals surface area contributed by atoms with Crippen LogP contribution in [-0.2, 0) is 27.2 Å². The lowest BCUT2D eigenvalue weighted by atomic mass is 9.76. The molecule has 7 nitrogen and oxygen atoms in total. The molecule has 4 aromatic rings. The second kappa shape index (κ2) is 15.0. The minimum absolute atomic E-state index is 0.183. The highest BCUT2D eigenvalue weighted by Crippen LogP contribution is 2.47. The van der Waals surface area contributed by atoms with Crippen molar-refractivity contribution in [2.45, 2.75) is 56.9 Å². The SMILES string of the molecule is COC(=O)[C@H](Cc1cccc2c(-c3nccc4ccc(CC5CCN(C)CC5)cc34)cccc12)NC(=O)C1(C(F)(F)F)CCN(CC(F)(F)F)CC1. The Kier molecular flexibility index (Phi) is 10.8. The molecule has 2 fully saturated rings. The number of pyridine rings is 1. The Bertz CT molecular complexity index is 1910. The summed E-state index contributed by atoms with van der Waals surface area (Å²) in [5.74, 6) is -1.80. The van der Waals surface area contributed by atoms with E-state index in [0.717, 1.165) is 77.2 Å². The van der Waals surface area contributed by atoms with Crippen LogP contribution < -0.4 is 5.32 Å². The number of ether oxygens (including phenoxy) is 1. The fourth-order valence-corrected chi connectivity index (χ4v) is 7.75. The number of aromatic nitrogens is 1. The van der Waals surface area contributed by atoms with E-state index in [9.17, 15) is 35.9 Å². The van der Waals surface area contributed by atoms with E-state index in [1.165, 1.54) is 5.56 Å². The summed E-state index contributed by atoms with van der Waals surface area (Å²) in [6.45, 7) is -0.370. The van der Waals surface area contributed by atoms with Gasteiger partial charge in [0.15, 0.2) is 0 Å². The van der Waals surface area contributed by atoms with E-state index in [4.69, 9.17) is 9.72 Å². The molecule has 13 heteroatoms. The number of piperidine rings is 2. The fourth-order valence-electron chi connectivity index (χ4n) is 7.75. The first-order valence-electron chi connectivity index (χ1n) is 17.5. The molecule has 1 N–H and O–H groups in total. The van der Waals surface area contributed by atoms with Crippen molar-refractivity contribution in [3.63, 3.8) is 0 Å². The summed E-state index contributed by atoms with van der Waals surface area (Å²) in [6.07, 6.45) is -6.57. The van der Waals surface area contributed by atoms with Gasteiger partial charge < -0.3 is 15.0 Å². The monoisotopic (exact) mass is 728 g/mol. The number of likely N-dealkylation sites (tertiary alicyclic amines) is 2. The predicted molar refractivity (Wildman–Crippen MR) is 186 cm³/mol. The molecule has 2 aliphatic rings. The van der Waals surface area contributed by atoms with Crippen LogP contribution in [0, 0.1) is 11.3 Å². The maximum Gasteiger partial charge on any atom is 0.403 e. The first-order chi connectivity index (χ1) is 24.7. The molecule has 0 radical (unpaired) electrons.